The van der Waals surface area contributed by atoms with Gasteiger partial charge in [-0.1, -0.05) is 13.3 Å². The lowest BCUT2D eigenvalue weighted by Gasteiger charge is -2.27. The molecule has 0 bridgehead atoms. The van der Waals surface area contributed by atoms with Crippen LogP contribution in [0.15, 0.2) is 0 Å². The van der Waals surface area contributed by atoms with Crippen molar-refractivity contribution in [3.05, 3.63) is 0 Å². The number of hydrogen-bond donors (Lipinski definition) is 3. The van der Waals surface area contributed by atoms with Gasteiger partial charge < -0.3 is 25.8 Å². The van der Waals surface area contributed by atoms with Gasteiger partial charge in [-0.05, 0) is 38.6 Å². The van der Waals surface area contributed by atoms with E-state index < -0.39 is 24.1 Å². The predicted molar refractivity (Wildman–Crippen MR) is 83.8 cm³/mol. The molecule has 132 valence electrons. The van der Waals surface area contributed by atoms with Crippen molar-refractivity contribution in [2.24, 2.45) is 5.73 Å². The van der Waals surface area contributed by atoms with Crippen molar-refractivity contribution in [2.45, 2.75) is 57.5 Å². The maximum atomic E-state index is 12.6. The molecule has 2 atom stereocenters. The molecule has 1 fully saturated rings. The summed E-state index contributed by atoms with van der Waals surface area (Å²) >= 11 is 0. The van der Waals surface area contributed by atoms with E-state index in [1.165, 1.54) is 4.90 Å². The molecule has 0 unspecified atom stereocenters. The summed E-state index contributed by atoms with van der Waals surface area (Å²) < 4.78 is 5.01. The molecule has 4 N–H and O–H groups in total. The highest BCUT2D eigenvalue weighted by Gasteiger charge is 2.37. The van der Waals surface area contributed by atoms with Gasteiger partial charge in [0.2, 0.25) is 5.91 Å². The van der Waals surface area contributed by atoms with E-state index in [2.05, 4.69) is 5.32 Å². The normalized spacial score (nSPS) is 18.5. The second-order valence-electron chi connectivity index (χ2n) is 5.65. The number of rotatable bonds is 9. The standard InChI is InChI=1S/C15H27N3O5/c1-2-3-10-23-15(22)17-11(6-4-8-16)13(19)18-9-5-7-12(18)14(20)21/h11-12H,2-10,16H2,1H3,(H,17,22)(H,20,21)/t11-,12-/m0/s1. The second-order valence-corrected chi connectivity index (χ2v) is 5.65. The largest absolute Gasteiger partial charge is 0.480 e. The van der Waals surface area contributed by atoms with Crippen LogP contribution in [0.25, 0.3) is 0 Å². The minimum atomic E-state index is -1.01. The fourth-order valence-electron chi connectivity index (χ4n) is 2.56. The van der Waals surface area contributed by atoms with Crippen LogP contribution in [0.5, 0.6) is 0 Å². The molecule has 0 aromatic rings. The van der Waals surface area contributed by atoms with Gasteiger partial charge in [-0.15, -0.1) is 0 Å². The fourth-order valence-corrected chi connectivity index (χ4v) is 2.56. The molecule has 0 aliphatic carbocycles. The maximum Gasteiger partial charge on any atom is 0.407 e. The van der Waals surface area contributed by atoms with Gasteiger partial charge in [-0.25, -0.2) is 9.59 Å². The van der Waals surface area contributed by atoms with Crippen LogP contribution in [-0.2, 0) is 14.3 Å². The summed E-state index contributed by atoms with van der Waals surface area (Å²) in [5, 5.41) is 11.7. The quantitative estimate of drug-likeness (QED) is 0.535. The van der Waals surface area contributed by atoms with E-state index in [-0.39, 0.29) is 5.91 Å². The summed E-state index contributed by atoms with van der Waals surface area (Å²) in [7, 11) is 0. The van der Waals surface area contributed by atoms with Gasteiger partial charge in [0.1, 0.15) is 12.1 Å². The first-order chi connectivity index (χ1) is 11.0. The van der Waals surface area contributed by atoms with Crippen LogP contribution >= 0.6 is 0 Å². The van der Waals surface area contributed by atoms with Crippen LogP contribution in [0.3, 0.4) is 0 Å². The van der Waals surface area contributed by atoms with Crippen LogP contribution in [-0.4, -0.2) is 59.8 Å². The van der Waals surface area contributed by atoms with Gasteiger partial charge in [-0.2, -0.15) is 0 Å². The van der Waals surface area contributed by atoms with Gasteiger partial charge in [0.25, 0.3) is 0 Å². The highest BCUT2D eigenvalue weighted by molar-refractivity contribution is 5.89. The Morgan fingerprint density at radius 1 is 1.39 bits per heavy atom. The van der Waals surface area contributed by atoms with E-state index >= 15 is 0 Å². The summed E-state index contributed by atoms with van der Waals surface area (Å²) in [5.74, 6) is -1.39. The molecule has 0 aromatic carbocycles. The highest BCUT2D eigenvalue weighted by Crippen LogP contribution is 2.19. The highest BCUT2D eigenvalue weighted by atomic mass is 16.5. The van der Waals surface area contributed by atoms with Gasteiger partial charge in [0, 0.05) is 6.54 Å². The molecule has 8 heteroatoms. The molecule has 0 radical (unpaired) electrons. The summed E-state index contributed by atoms with van der Waals surface area (Å²) in [6.07, 6.45) is 3.00. The van der Waals surface area contributed by atoms with Crippen molar-refractivity contribution in [3.63, 3.8) is 0 Å². The number of carbonyl (C=O) groups excluding carboxylic acids is 2. The van der Waals surface area contributed by atoms with E-state index in [1.54, 1.807) is 0 Å². The number of likely N-dealkylation sites (tertiary alicyclic amines) is 1. The van der Waals surface area contributed by atoms with Crippen molar-refractivity contribution < 1.29 is 24.2 Å². The number of alkyl carbamates (subject to hydrolysis) is 1. The van der Waals surface area contributed by atoms with Crippen molar-refractivity contribution in [1.82, 2.24) is 10.2 Å². The lowest BCUT2D eigenvalue weighted by atomic mass is 10.1. The summed E-state index contributed by atoms with van der Waals surface area (Å²) in [6.45, 7) is 3.05. The lowest BCUT2D eigenvalue weighted by molar-refractivity contribution is -0.149. The second kappa shape index (κ2) is 10.0. The smallest absolute Gasteiger partial charge is 0.407 e. The van der Waals surface area contributed by atoms with Gasteiger partial charge in [0.05, 0.1) is 6.61 Å². The van der Waals surface area contributed by atoms with Crippen molar-refractivity contribution >= 4 is 18.0 Å². The van der Waals surface area contributed by atoms with Crippen LogP contribution < -0.4 is 11.1 Å². The molecule has 1 saturated heterocycles. The zero-order valence-corrected chi connectivity index (χ0v) is 13.6. The summed E-state index contributed by atoms with van der Waals surface area (Å²) in [6, 6.07) is -1.62. The number of carboxylic acids is 1. The van der Waals surface area contributed by atoms with Gasteiger partial charge in [0.15, 0.2) is 0 Å². The number of amides is 2. The molecule has 23 heavy (non-hydrogen) atoms. The molecule has 1 heterocycles. The zero-order valence-electron chi connectivity index (χ0n) is 13.6. The summed E-state index contributed by atoms with van der Waals surface area (Å²) in [5.41, 5.74) is 5.47. The number of nitrogens with one attached hydrogen (secondary N) is 1. The predicted octanol–water partition coefficient (Wildman–Crippen LogP) is 0.696. The number of carboxylic acid groups (broad SMARTS) is 1. The first-order valence-electron chi connectivity index (χ1n) is 8.17. The average Bonchev–Trinajstić information content (AvgIpc) is 3.00. The van der Waals surface area contributed by atoms with Gasteiger partial charge in [-0.3, -0.25) is 4.79 Å². The minimum Gasteiger partial charge on any atom is -0.480 e. The van der Waals surface area contributed by atoms with Crippen LogP contribution in [0, 0.1) is 0 Å². The molecule has 1 rings (SSSR count). The third-order valence-electron chi connectivity index (χ3n) is 3.84. The van der Waals surface area contributed by atoms with E-state index in [0.717, 1.165) is 12.8 Å². The number of unbranched alkanes of at least 4 members (excludes halogenated alkanes) is 1. The minimum absolute atomic E-state index is 0.293. The van der Waals surface area contributed by atoms with E-state index in [1.807, 2.05) is 6.92 Å². The number of aliphatic carboxylic acids is 1. The van der Waals surface area contributed by atoms with E-state index in [4.69, 9.17) is 10.5 Å². The Hall–Kier alpha value is -1.83. The third kappa shape index (κ3) is 6.05. The first-order valence-corrected chi connectivity index (χ1v) is 8.17. The molecule has 0 spiro atoms. The third-order valence-corrected chi connectivity index (χ3v) is 3.84. The van der Waals surface area contributed by atoms with Crippen LogP contribution in [0.1, 0.15) is 45.4 Å². The molecule has 0 saturated carbocycles. The van der Waals surface area contributed by atoms with E-state index in [9.17, 15) is 19.5 Å². The number of carbonyl (C=O) groups is 3. The molecule has 8 nitrogen and oxygen atoms in total. The average molecular weight is 329 g/mol. The molecule has 0 aromatic heterocycles. The fraction of sp³-hybridized carbons (Fsp3) is 0.800. The van der Waals surface area contributed by atoms with Crippen LogP contribution in [0.2, 0.25) is 0 Å². The maximum absolute atomic E-state index is 12.6. The Balaban J connectivity index is 2.66. The topological polar surface area (TPSA) is 122 Å². The molecular weight excluding hydrogens is 302 g/mol. The van der Waals surface area contributed by atoms with Crippen molar-refractivity contribution in [2.75, 3.05) is 19.7 Å². The van der Waals surface area contributed by atoms with Crippen molar-refractivity contribution in [3.8, 4) is 0 Å². The number of nitrogens with zero attached hydrogens (tertiary/aromatic N) is 1. The monoisotopic (exact) mass is 329 g/mol. The Morgan fingerprint density at radius 3 is 2.74 bits per heavy atom. The molecule has 1 aliphatic rings. The number of nitrogens with two attached hydrogens (primary N) is 1. The molecular formula is C15H27N3O5. The van der Waals surface area contributed by atoms with Crippen LogP contribution in [0.4, 0.5) is 4.79 Å². The Morgan fingerprint density at radius 2 is 2.13 bits per heavy atom. The first kappa shape index (κ1) is 19.2. The molecule has 1 aliphatic heterocycles. The van der Waals surface area contributed by atoms with Crippen molar-refractivity contribution in [1.29, 1.82) is 0 Å². The van der Waals surface area contributed by atoms with E-state index in [0.29, 0.717) is 45.4 Å². The zero-order chi connectivity index (χ0) is 17.2. The molecule has 2 amide bonds. The summed E-state index contributed by atoms with van der Waals surface area (Å²) in [4.78, 5) is 36.9. The lowest BCUT2D eigenvalue weighted by Crippen LogP contribution is -2.51. The Bertz CT molecular complexity index is 416. The number of ether oxygens (including phenoxy) is 1. The number of hydrogen-bond acceptors (Lipinski definition) is 5. The SMILES string of the molecule is CCCCOC(=O)N[C@@H](CCCN)C(=O)N1CCC[C@H]1C(=O)O. The Kier molecular flexibility index (Phi) is 8.39. The Labute approximate surface area is 136 Å². The van der Waals surface area contributed by atoms with Gasteiger partial charge >= 0.3 is 12.1 Å².